The van der Waals surface area contributed by atoms with Crippen LogP contribution in [-0.4, -0.2) is 4.98 Å². The average molecular weight is 315 g/mol. The van der Waals surface area contributed by atoms with Crippen LogP contribution in [0.1, 0.15) is 30.1 Å². The lowest BCUT2D eigenvalue weighted by atomic mass is 9.91. The molecule has 2 N–H and O–H groups in total. The zero-order valence-electron chi connectivity index (χ0n) is 12.0. The molecule has 0 fully saturated rings. The number of anilines is 1. The Balaban J connectivity index is 1.72. The van der Waals surface area contributed by atoms with Gasteiger partial charge in [-0.2, -0.15) is 0 Å². The molecule has 3 aromatic rings. The molecule has 0 bridgehead atoms. The molecule has 4 heteroatoms. The van der Waals surface area contributed by atoms with Crippen molar-refractivity contribution >= 4 is 28.2 Å². The number of fused-ring (bicyclic) bond motifs is 3. The number of benzene rings is 2. The van der Waals surface area contributed by atoms with Crippen molar-refractivity contribution in [2.75, 3.05) is 5.32 Å². The van der Waals surface area contributed by atoms with Crippen molar-refractivity contribution in [3.05, 3.63) is 64.6 Å². The number of halogens is 2. The minimum Gasteiger partial charge on any atom is -0.377 e. The van der Waals surface area contributed by atoms with E-state index in [-0.39, 0.29) is 11.9 Å². The van der Waals surface area contributed by atoms with Gasteiger partial charge < -0.3 is 10.3 Å². The van der Waals surface area contributed by atoms with Crippen LogP contribution in [0.15, 0.2) is 42.5 Å². The molecule has 1 atom stereocenters. The Morgan fingerprint density at radius 1 is 1.14 bits per heavy atom. The minimum absolute atomic E-state index is 0.213. The smallest absolute Gasteiger partial charge is 0.123 e. The number of rotatable bonds is 2. The summed E-state index contributed by atoms with van der Waals surface area (Å²) in [6.07, 6.45) is 3.26. The van der Waals surface area contributed by atoms with Gasteiger partial charge in [-0.15, -0.1) is 0 Å². The molecule has 112 valence electrons. The second kappa shape index (κ2) is 5.33. The van der Waals surface area contributed by atoms with Gasteiger partial charge in [0.2, 0.25) is 0 Å². The van der Waals surface area contributed by atoms with Gasteiger partial charge in [-0.1, -0.05) is 11.6 Å². The Hall–Kier alpha value is -2.00. The molecule has 0 saturated heterocycles. The molecule has 1 heterocycles. The molecule has 1 aromatic heterocycles. The standard InChI is InChI=1S/C18H16ClFN2/c19-11-4-9-16-15(10-11)14-2-1-3-17(18(14)22-16)21-13-7-5-12(20)6-8-13/h4-10,17,21-22H,1-3H2. The molecule has 0 spiro atoms. The average Bonchev–Trinajstić information content (AvgIpc) is 2.89. The highest BCUT2D eigenvalue weighted by atomic mass is 35.5. The van der Waals surface area contributed by atoms with Crippen molar-refractivity contribution in [3.63, 3.8) is 0 Å². The fraction of sp³-hybridized carbons (Fsp3) is 0.222. The van der Waals surface area contributed by atoms with E-state index in [1.165, 1.54) is 28.8 Å². The van der Waals surface area contributed by atoms with E-state index >= 15 is 0 Å². The zero-order valence-corrected chi connectivity index (χ0v) is 12.8. The Kier molecular flexibility index (Phi) is 3.30. The van der Waals surface area contributed by atoms with Crippen LogP contribution in [0.2, 0.25) is 5.02 Å². The van der Waals surface area contributed by atoms with Crippen molar-refractivity contribution in [1.29, 1.82) is 0 Å². The van der Waals surface area contributed by atoms with Crippen molar-refractivity contribution in [2.45, 2.75) is 25.3 Å². The van der Waals surface area contributed by atoms with Gasteiger partial charge in [-0.05, 0) is 67.3 Å². The van der Waals surface area contributed by atoms with Gasteiger partial charge in [0.05, 0.1) is 6.04 Å². The summed E-state index contributed by atoms with van der Waals surface area (Å²) in [5.41, 5.74) is 4.65. The number of aromatic nitrogens is 1. The summed E-state index contributed by atoms with van der Waals surface area (Å²) in [6, 6.07) is 12.7. The van der Waals surface area contributed by atoms with Gasteiger partial charge >= 0.3 is 0 Å². The molecule has 22 heavy (non-hydrogen) atoms. The van der Waals surface area contributed by atoms with E-state index in [1.807, 2.05) is 18.2 Å². The highest BCUT2D eigenvalue weighted by molar-refractivity contribution is 6.31. The molecule has 2 aromatic carbocycles. The topological polar surface area (TPSA) is 27.8 Å². The monoisotopic (exact) mass is 314 g/mol. The van der Waals surface area contributed by atoms with Gasteiger partial charge in [0.25, 0.3) is 0 Å². The molecule has 2 nitrogen and oxygen atoms in total. The first kappa shape index (κ1) is 13.6. The van der Waals surface area contributed by atoms with Crippen molar-refractivity contribution in [1.82, 2.24) is 4.98 Å². The third kappa shape index (κ3) is 2.35. The van der Waals surface area contributed by atoms with Crippen LogP contribution in [0.3, 0.4) is 0 Å². The molecule has 1 aliphatic carbocycles. The van der Waals surface area contributed by atoms with E-state index < -0.39 is 0 Å². The number of aromatic amines is 1. The first-order valence-electron chi connectivity index (χ1n) is 7.53. The van der Waals surface area contributed by atoms with Gasteiger partial charge in [-0.25, -0.2) is 4.39 Å². The lowest BCUT2D eigenvalue weighted by Gasteiger charge is -2.24. The van der Waals surface area contributed by atoms with Gasteiger partial charge in [0.15, 0.2) is 0 Å². The van der Waals surface area contributed by atoms with Crippen molar-refractivity contribution in [2.24, 2.45) is 0 Å². The Morgan fingerprint density at radius 3 is 2.77 bits per heavy atom. The largest absolute Gasteiger partial charge is 0.377 e. The van der Waals surface area contributed by atoms with Crippen LogP contribution in [0.25, 0.3) is 10.9 Å². The maximum Gasteiger partial charge on any atom is 0.123 e. The third-order valence-corrected chi connectivity index (χ3v) is 4.59. The third-order valence-electron chi connectivity index (χ3n) is 4.35. The Morgan fingerprint density at radius 2 is 1.95 bits per heavy atom. The molecule has 0 radical (unpaired) electrons. The molecule has 0 saturated carbocycles. The molecular formula is C18H16ClFN2. The molecule has 1 aliphatic rings. The zero-order chi connectivity index (χ0) is 15.1. The summed E-state index contributed by atoms with van der Waals surface area (Å²) < 4.78 is 13.0. The van der Waals surface area contributed by atoms with Crippen LogP contribution in [-0.2, 0) is 6.42 Å². The molecule has 1 unspecified atom stereocenters. The fourth-order valence-electron chi connectivity index (χ4n) is 3.33. The maximum atomic E-state index is 13.0. The van der Waals surface area contributed by atoms with Gasteiger partial charge in [0.1, 0.15) is 5.82 Å². The quantitative estimate of drug-likeness (QED) is 0.646. The summed E-state index contributed by atoms with van der Waals surface area (Å²) in [7, 11) is 0. The van der Waals surface area contributed by atoms with E-state index in [1.54, 1.807) is 12.1 Å². The van der Waals surface area contributed by atoms with Crippen LogP contribution < -0.4 is 5.32 Å². The summed E-state index contributed by atoms with van der Waals surface area (Å²) in [5, 5.41) is 5.49. The molecule has 4 rings (SSSR count). The minimum atomic E-state index is -0.213. The van der Waals surface area contributed by atoms with Crippen LogP contribution in [0, 0.1) is 5.82 Å². The Labute approximate surface area is 133 Å². The summed E-state index contributed by atoms with van der Waals surface area (Å²) in [5.74, 6) is -0.213. The maximum absolute atomic E-state index is 13.0. The molecule has 0 amide bonds. The van der Waals surface area contributed by atoms with Crippen LogP contribution >= 0.6 is 11.6 Å². The van der Waals surface area contributed by atoms with Crippen LogP contribution in [0.4, 0.5) is 10.1 Å². The van der Waals surface area contributed by atoms with Gasteiger partial charge in [-0.3, -0.25) is 0 Å². The van der Waals surface area contributed by atoms with E-state index in [0.717, 1.165) is 35.5 Å². The molecular weight excluding hydrogens is 299 g/mol. The van der Waals surface area contributed by atoms with Gasteiger partial charge in [0, 0.05) is 27.3 Å². The Bertz CT molecular complexity index is 823. The van der Waals surface area contributed by atoms with Crippen LogP contribution in [0.5, 0.6) is 0 Å². The second-order valence-electron chi connectivity index (χ2n) is 5.80. The first-order valence-corrected chi connectivity index (χ1v) is 7.90. The number of aryl methyl sites for hydroxylation is 1. The summed E-state index contributed by atoms with van der Waals surface area (Å²) in [6.45, 7) is 0. The SMILES string of the molecule is Fc1ccc(NC2CCCc3c2[nH]c2ccc(Cl)cc32)cc1. The number of H-pyrrole nitrogens is 1. The van der Waals surface area contributed by atoms with E-state index in [2.05, 4.69) is 10.3 Å². The predicted octanol–water partition coefficient (Wildman–Crippen LogP) is 5.45. The lowest BCUT2D eigenvalue weighted by molar-refractivity contribution is 0.592. The predicted molar refractivity (Wildman–Crippen MR) is 89.0 cm³/mol. The highest BCUT2D eigenvalue weighted by Gasteiger charge is 2.24. The highest BCUT2D eigenvalue weighted by Crippen LogP contribution is 2.37. The second-order valence-corrected chi connectivity index (χ2v) is 6.24. The number of hydrogen-bond donors (Lipinski definition) is 2. The van der Waals surface area contributed by atoms with Crippen molar-refractivity contribution in [3.8, 4) is 0 Å². The number of hydrogen-bond acceptors (Lipinski definition) is 1. The lowest BCUT2D eigenvalue weighted by Crippen LogP contribution is -2.17. The first-order chi connectivity index (χ1) is 10.7. The number of nitrogens with one attached hydrogen (secondary N) is 2. The van der Waals surface area contributed by atoms with Crippen molar-refractivity contribution < 1.29 is 4.39 Å². The van der Waals surface area contributed by atoms with E-state index in [9.17, 15) is 4.39 Å². The van der Waals surface area contributed by atoms with E-state index in [0.29, 0.717) is 0 Å². The molecule has 0 aliphatic heterocycles. The fourth-order valence-corrected chi connectivity index (χ4v) is 3.50. The summed E-state index contributed by atoms with van der Waals surface area (Å²) in [4.78, 5) is 3.53. The normalized spacial score (nSPS) is 17.5. The van der Waals surface area contributed by atoms with E-state index in [4.69, 9.17) is 11.6 Å². The summed E-state index contributed by atoms with van der Waals surface area (Å²) >= 11 is 6.13.